The number of carboxylic acid groups (broad SMARTS) is 1. The molecule has 0 aliphatic carbocycles. The summed E-state index contributed by atoms with van der Waals surface area (Å²) < 4.78 is 5.32. The van der Waals surface area contributed by atoms with Crippen LogP contribution in [0.15, 0.2) is 35.1 Å². The van der Waals surface area contributed by atoms with Crippen molar-refractivity contribution in [1.29, 1.82) is 0 Å². The average molecular weight is 369 g/mol. The normalized spacial score (nSPS) is 21.3. The van der Waals surface area contributed by atoms with E-state index in [1.807, 2.05) is 23.1 Å². The number of rotatable bonds is 2. The maximum atomic E-state index is 12.9. The molecule has 140 valence electrons. The van der Waals surface area contributed by atoms with Crippen LogP contribution in [0, 0.1) is 0 Å². The van der Waals surface area contributed by atoms with Gasteiger partial charge in [0.25, 0.3) is 12.4 Å². The number of nitrogens with one attached hydrogen (secondary N) is 1. The lowest BCUT2D eigenvalue weighted by molar-refractivity contribution is -0.122. The zero-order chi connectivity index (χ0) is 19.0. The number of fused-ring (bicyclic) bond motifs is 3. The second-order valence-corrected chi connectivity index (χ2v) is 6.72. The van der Waals surface area contributed by atoms with Crippen LogP contribution in [0.1, 0.15) is 16.9 Å². The Hall–Kier alpha value is -3.20. The van der Waals surface area contributed by atoms with Crippen molar-refractivity contribution >= 4 is 23.3 Å². The topological polar surface area (TPSA) is 116 Å². The number of piperazine rings is 1. The third-order valence-corrected chi connectivity index (χ3v) is 5.22. The molecule has 2 aromatic heterocycles. The number of aromatic nitrogens is 3. The maximum Gasteiger partial charge on any atom is 0.290 e. The van der Waals surface area contributed by atoms with Crippen molar-refractivity contribution in [3.05, 3.63) is 36.4 Å². The van der Waals surface area contributed by atoms with Crippen LogP contribution in [-0.4, -0.2) is 74.7 Å². The third kappa shape index (κ3) is 2.95. The SMILES string of the molecule is CN1C[C@@H]2C[C@H]1CN2C(=O)c1n[nH]c2cc(-c3ncco3)ccc12.O=CO. The monoisotopic (exact) mass is 369 g/mol. The number of H-pyrrole nitrogens is 1. The van der Waals surface area contributed by atoms with Gasteiger partial charge < -0.3 is 14.4 Å². The van der Waals surface area contributed by atoms with E-state index in [1.165, 1.54) is 0 Å². The van der Waals surface area contributed by atoms with Gasteiger partial charge in [0.05, 0.1) is 11.7 Å². The highest BCUT2D eigenvalue weighted by Crippen LogP contribution is 2.32. The van der Waals surface area contributed by atoms with Crippen molar-refractivity contribution in [1.82, 2.24) is 25.0 Å². The summed E-state index contributed by atoms with van der Waals surface area (Å²) in [5.74, 6) is 0.574. The lowest BCUT2D eigenvalue weighted by Gasteiger charge is -2.31. The Morgan fingerprint density at radius 3 is 2.81 bits per heavy atom. The fraction of sp³-hybridized carbons (Fsp3) is 0.333. The fourth-order valence-electron chi connectivity index (χ4n) is 3.93. The summed E-state index contributed by atoms with van der Waals surface area (Å²) in [6.45, 7) is 1.50. The predicted molar refractivity (Wildman–Crippen MR) is 96.1 cm³/mol. The van der Waals surface area contributed by atoms with Crippen LogP contribution in [0.3, 0.4) is 0 Å². The second-order valence-electron chi connectivity index (χ2n) is 6.72. The third-order valence-electron chi connectivity index (χ3n) is 5.22. The van der Waals surface area contributed by atoms with E-state index in [0.29, 0.717) is 23.7 Å². The number of hydrogen-bond donors (Lipinski definition) is 2. The molecule has 0 unspecified atom stereocenters. The van der Waals surface area contributed by atoms with Gasteiger partial charge in [-0.2, -0.15) is 5.10 Å². The van der Waals surface area contributed by atoms with Crippen LogP contribution in [0.4, 0.5) is 0 Å². The zero-order valence-electron chi connectivity index (χ0n) is 14.7. The smallest absolute Gasteiger partial charge is 0.290 e. The summed E-state index contributed by atoms with van der Waals surface area (Å²) in [7, 11) is 2.13. The Morgan fingerprint density at radius 2 is 2.19 bits per heavy atom. The Morgan fingerprint density at radius 1 is 1.37 bits per heavy atom. The van der Waals surface area contributed by atoms with Crippen molar-refractivity contribution in [2.24, 2.45) is 0 Å². The molecule has 2 saturated heterocycles. The van der Waals surface area contributed by atoms with Gasteiger partial charge in [0, 0.05) is 36.1 Å². The van der Waals surface area contributed by atoms with Gasteiger partial charge in [-0.05, 0) is 31.7 Å². The predicted octanol–water partition coefficient (Wildman–Crippen LogP) is 1.45. The molecule has 5 rings (SSSR count). The van der Waals surface area contributed by atoms with E-state index in [4.69, 9.17) is 14.3 Å². The zero-order valence-corrected chi connectivity index (χ0v) is 14.7. The fourth-order valence-corrected chi connectivity index (χ4v) is 3.93. The van der Waals surface area contributed by atoms with Crippen LogP contribution in [0.5, 0.6) is 0 Å². The van der Waals surface area contributed by atoms with Gasteiger partial charge >= 0.3 is 0 Å². The number of aromatic amines is 1. The molecule has 2 atom stereocenters. The number of benzene rings is 1. The van der Waals surface area contributed by atoms with Gasteiger partial charge in [0.1, 0.15) is 6.26 Å². The van der Waals surface area contributed by atoms with Gasteiger partial charge in [-0.15, -0.1) is 0 Å². The number of oxazole rings is 1. The molecule has 2 bridgehead atoms. The van der Waals surface area contributed by atoms with E-state index in [9.17, 15) is 4.79 Å². The van der Waals surface area contributed by atoms with Gasteiger partial charge in [0.2, 0.25) is 5.89 Å². The quantitative estimate of drug-likeness (QED) is 0.657. The first-order chi connectivity index (χ1) is 13.1. The van der Waals surface area contributed by atoms with Gasteiger partial charge in [-0.25, -0.2) is 4.98 Å². The van der Waals surface area contributed by atoms with Crippen molar-refractivity contribution < 1.29 is 19.1 Å². The highest BCUT2D eigenvalue weighted by Gasteiger charge is 2.44. The lowest BCUT2D eigenvalue weighted by atomic mass is 10.1. The maximum absolute atomic E-state index is 12.9. The van der Waals surface area contributed by atoms with E-state index in [0.717, 1.165) is 36.0 Å². The molecule has 27 heavy (non-hydrogen) atoms. The van der Waals surface area contributed by atoms with Crippen LogP contribution in [0.2, 0.25) is 0 Å². The summed E-state index contributed by atoms with van der Waals surface area (Å²) in [5, 5.41) is 15.0. The highest BCUT2D eigenvalue weighted by atomic mass is 16.3. The first-order valence-electron chi connectivity index (χ1n) is 8.59. The van der Waals surface area contributed by atoms with Crippen molar-refractivity contribution in [2.75, 3.05) is 20.1 Å². The van der Waals surface area contributed by atoms with Gasteiger partial charge in [0.15, 0.2) is 5.69 Å². The molecule has 2 fully saturated rings. The first-order valence-corrected chi connectivity index (χ1v) is 8.59. The number of likely N-dealkylation sites (tertiary alicyclic amines) is 2. The Labute approximate surface area is 154 Å². The minimum Gasteiger partial charge on any atom is -0.483 e. The molecule has 2 aliphatic heterocycles. The molecule has 9 nitrogen and oxygen atoms in total. The van der Waals surface area contributed by atoms with Crippen molar-refractivity contribution in [3.8, 4) is 11.5 Å². The van der Waals surface area contributed by atoms with E-state index in [2.05, 4.69) is 27.1 Å². The summed E-state index contributed by atoms with van der Waals surface area (Å²) >= 11 is 0. The molecule has 1 amide bonds. The van der Waals surface area contributed by atoms with E-state index < -0.39 is 0 Å². The van der Waals surface area contributed by atoms with E-state index in [-0.39, 0.29) is 12.4 Å². The van der Waals surface area contributed by atoms with E-state index >= 15 is 0 Å². The lowest BCUT2D eigenvalue weighted by Crippen LogP contribution is -2.47. The minimum absolute atomic E-state index is 0.0192. The number of amides is 1. The second kappa shape index (κ2) is 6.84. The Bertz CT molecular complexity index is 965. The molecule has 0 radical (unpaired) electrons. The van der Waals surface area contributed by atoms with Crippen molar-refractivity contribution in [3.63, 3.8) is 0 Å². The molecule has 2 N–H and O–H groups in total. The Balaban J connectivity index is 0.000000565. The van der Waals surface area contributed by atoms with Crippen LogP contribution in [0.25, 0.3) is 22.4 Å². The molecule has 4 heterocycles. The van der Waals surface area contributed by atoms with Crippen molar-refractivity contribution in [2.45, 2.75) is 18.5 Å². The highest BCUT2D eigenvalue weighted by molar-refractivity contribution is 6.05. The summed E-state index contributed by atoms with van der Waals surface area (Å²) in [6, 6.07) is 6.53. The number of carbonyl (C=O) groups excluding carboxylic acids is 1. The van der Waals surface area contributed by atoms with E-state index in [1.54, 1.807) is 12.5 Å². The number of nitrogens with zero attached hydrogens (tertiary/aromatic N) is 4. The number of likely N-dealkylation sites (N-methyl/N-ethyl adjacent to an activating group) is 1. The minimum atomic E-state index is -0.250. The molecule has 2 aliphatic rings. The standard InChI is InChI=1S/C17H17N5O2.CH2O2/c1-21-8-12-7-11(21)9-22(12)17(23)15-13-3-2-10(6-14(13)19-20-15)16-18-4-5-24-16;2-1-3/h2-6,11-12H,7-9H2,1H3,(H,19,20);1H,(H,2,3)/t11-,12-;/m0./s1. The number of carbonyl (C=O) groups is 2. The van der Waals surface area contributed by atoms with Gasteiger partial charge in [-0.1, -0.05) is 0 Å². The molecular formula is C18H19N5O4. The molecule has 0 saturated carbocycles. The molecular weight excluding hydrogens is 350 g/mol. The molecule has 9 heteroatoms. The van der Waals surface area contributed by atoms with Gasteiger partial charge in [-0.3, -0.25) is 19.6 Å². The summed E-state index contributed by atoms with van der Waals surface area (Å²) in [6.07, 6.45) is 4.22. The number of hydrogen-bond acceptors (Lipinski definition) is 6. The van der Waals surface area contributed by atoms with Crippen LogP contribution in [-0.2, 0) is 4.79 Å². The summed E-state index contributed by atoms with van der Waals surface area (Å²) in [4.78, 5) is 29.7. The van der Waals surface area contributed by atoms with Crippen LogP contribution >= 0.6 is 0 Å². The first kappa shape index (κ1) is 17.2. The molecule has 0 spiro atoms. The average Bonchev–Trinajstić information content (AvgIpc) is 3.43. The Kier molecular flexibility index (Phi) is 4.36. The largest absolute Gasteiger partial charge is 0.483 e. The molecule has 3 aromatic rings. The summed E-state index contributed by atoms with van der Waals surface area (Å²) in [5.41, 5.74) is 2.17. The van der Waals surface area contributed by atoms with Crippen LogP contribution < -0.4 is 0 Å². The molecule has 1 aromatic carbocycles.